The predicted octanol–water partition coefficient (Wildman–Crippen LogP) is 4.61. The molecule has 0 bridgehead atoms. The molecule has 1 unspecified atom stereocenters. The van der Waals surface area contributed by atoms with E-state index < -0.39 is 5.60 Å². The van der Waals surface area contributed by atoms with Crippen LogP contribution in [0.15, 0.2) is 42.0 Å². The molecule has 172 valence electrons. The van der Waals surface area contributed by atoms with Crippen LogP contribution in [0.4, 0.5) is 0 Å². The number of hydrogen-bond acceptors (Lipinski definition) is 6. The number of rotatable bonds is 11. The lowest BCUT2D eigenvalue weighted by atomic mass is 9.88. The summed E-state index contributed by atoms with van der Waals surface area (Å²) in [6.07, 6.45) is 5.35. The van der Waals surface area contributed by atoms with Crippen molar-refractivity contribution in [2.24, 2.45) is 5.92 Å². The molecule has 31 heavy (non-hydrogen) atoms. The predicted molar refractivity (Wildman–Crippen MR) is 118 cm³/mol. The van der Waals surface area contributed by atoms with Crippen LogP contribution in [0, 0.1) is 5.92 Å². The fourth-order valence-corrected chi connectivity index (χ4v) is 3.62. The van der Waals surface area contributed by atoms with E-state index in [1.807, 2.05) is 30.3 Å². The van der Waals surface area contributed by atoms with Gasteiger partial charge in [-0.2, -0.15) is 0 Å². The molecule has 0 N–H and O–H groups in total. The first-order valence-electron chi connectivity index (χ1n) is 11.0. The molecule has 2 rings (SSSR count). The Hall–Kier alpha value is -2.18. The van der Waals surface area contributed by atoms with Crippen molar-refractivity contribution in [3.8, 4) is 0 Å². The standard InChI is InChI=1S/C25H36O6/c1-19(15-28-20(2)26)9-8-14-25(4)24(30-16-22-10-6-5-7-11-22)13-12-23(18-31-25)17-29-21(3)27/h5-7,10-12,19,24H,8-9,13-18H2,1-4H3/t19?,24-,25-/m0/s1. The van der Waals surface area contributed by atoms with E-state index in [0.29, 0.717) is 32.2 Å². The van der Waals surface area contributed by atoms with Crippen LogP contribution in [-0.2, 0) is 35.1 Å². The van der Waals surface area contributed by atoms with Crippen LogP contribution < -0.4 is 0 Å². The molecule has 1 aliphatic heterocycles. The second kappa shape index (κ2) is 12.6. The van der Waals surface area contributed by atoms with Gasteiger partial charge in [0.1, 0.15) is 6.61 Å². The molecule has 0 radical (unpaired) electrons. The zero-order chi connectivity index (χ0) is 22.7. The van der Waals surface area contributed by atoms with Crippen LogP contribution in [0.2, 0.25) is 0 Å². The van der Waals surface area contributed by atoms with E-state index in [0.717, 1.165) is 30.4 Å². The maximum Gasteiger partial charge on any atom is 0.302 e. The molecule has 0 saturated heterocycles. The summed E-state index contributed by atoms with van der Waals surface area (Å²) in [6, 6.07) is 10.1. The highest BCUT2D eigenvalue weighted by Crippen LogP contribution is 2.32. The van der Waals surface area contributed by atoms with Gasteiger partial charge in [-0.1, -0.05) is 49.8 Å². The fourth-order valence-electron chi connectivity index (χ4n) is 3.62. The van der Waals surface area contributed by atoms with Gasteiger partial charge in [-0.15, -0.1) is 0 Å². The highest BCUT2D eigenvalue weighted by Gasteiger charge is 2.37. The molecule has 0 spiro atoms. The minimum Gasteiger partial charge on any atom is -0.466 e. The highest BCUT2D eigenvalue weighted by atomic mass is 16.6. The molecule has 1 aromatic rings. The second-order valence-electron chi connectivity index (χ2n) is 8.56. The van der Waals surface area contributed by atoms with Gasteiger partial charge in [0, 0.05) is 13.8 Å². The molecular weight excluding hydrogens is 396 g/mol. The minimum atomic E-state index is -0.468. The molecule has 1 aromatic carbocycles. The number of esters is 2. The van der Waals surface area contributed by atoms with E-state index in [1.54, 1.807) is 0 Å². The van der Waals surface area contributed by atoms with Crippen molar-refractivity contribution < 1.29 is 28.5 Å². The number of hydrogen-bond donors (Lipinski definition) is 0. The molecule has 0 amide bonds. The van der Waals surface area contributed by atoms with Gasteiger partial charge in [0.05, 0.1) is 31.5 Å². The summed E-state index contributed by atoms with van der Waals surface area (Å²) in [5, 5.41) is 0. The SMILES string of the molecule is CC(=O)OCC1=CC[C@H](OCc2ccccc2)[C@](C)(CCCC(C)COC(C)=O)OC1. The van der Waals surface area contributed by atoms with Gasteiger partial charge < -0.3 is 18.9 Å². The first-order valence-corrected chi connectivity index (χ1v) is 11.0. The Morgan fingerprint density at radius 1 is 1.13 bits per heavy atom. The third-order valence-corrected chi connectivity index (χ3v) is 5.59. The van der Waals surface area contributed by atoms with Gasteiger partial charge in [-0.05, 0) is 43.2 Å². The largest absolute Gasteiger partial charge is 0.466 e. The minimum absolute atomic E-state index is 0.119. The van der Waals surface area contributed by atoms with E-state index in [4.69, 9.17) is 18.9 Å². The average Bonchev–Trinajstić information content (AvgIpc) is 2.89. The molecule has 1 aliphatic rings. The third-order valence-electron chi connectivity index (χ3n) is 5.59. The Morgan fingerprint density at radius 3 is 2.52 bits per heavy atom. The molecule has 0 fully saturated rings. The van der Waals surface area contributed by atoms with Crippen molar-refractivity contribution in [3.63, 3.8) is 0 Å². The Labute approximate surface area is 185 Å². The zero-order valence-corrected chi connectivity index (χ0v) is 19.2. The van der Waals surface area contributed by atoms with E-state index >= 15 is 0 Å². The van der Waals surface area contributed by atoms with Crippen LogP contribution in [-0.4, -0.2) is 43.5 Å². The smallest absolute Gasteiger partial charge is 0.302 e. The van der Waals surface area contributed by atoms with E-state index in [-0.39, 0.29) is 24.6 Å². The Balaban J connectivity index is 1.99. The van der Waals surface area contributed by atoms with Gasteiger partial charge in [0.2, 0.25) is 0 Å². The lowest BCUT2D eigenvalue weighted by molar-refractivity contribution is -0.144. The van der Waals surface area contributed by atoms with E-state index in [2.05, 4.69) is 19.9 Å². The van der Waals surface area contributed by atoms with Crippen LogP contribution >= 0.6 is 0 Å². The van der Waals surface area contributed by atoms with Gasteiger partial charge >= 0.3 is 11.9 Å². The van der Waals surface area contributed by atoms with Crippen LogP contribution in [0.1, 0.15) is 58.9 Å². The van der Waals surface area contributed by atoms with Crippen molar-refractivity contribution in [3.05, 3.63) is 47.5 Å². The van der Waals surface area contributed by atoms with Gasteiger partial charge in [0.25, 0.3) is 0 Å². The average molecular weight is 433 g/mol. The normalized spacial score (nSPS) is 22.2. The summed E-state index contributed by atoms with van der Waals surface area (Å²) in [4.78, 5) is 22.2. The molecular formula is C25H36O6. The van der Waals surface area contributed by atoms with Crippen LogP contribution in [0.5, 0.6) is 0 Å². The summed E-state index contributed by atoms with van der Waals surface area (Å²) in [5.74, 6) is -0.252. The van der Waals surface area contributed by atoms with Crippen molar-refractivity contribution in [2.75, 3.05) is 19.8 Å². The van der Waals surface area contributed by atoms with Gasteiger partial charge in [0.15, 0.2) is 0 Å². The lowest BCUT2D eigenvalue weighted by Gasteiger charge is -2.36. The van der Waals surface area contributed by atoms with Gasteiger partial charge in [-0.3, -0.25) is 9.59 Å². The first kappa shape index (κ1) is 25.1. The maximum atomic E-state index is 11.2. The van der Waals surface area contributed by atoms with Crippen molar-refractivity contribution in [1.82, 2.24) is 0 Å². The first-order chi connectivity index (χ1) is 14.8. The molecule has 1 heterocycles. The summed E-state index contributed by atoms with van der Waals surface area (Å²) in [5.41, 5.74) is 1.61. The molecule has 6 heteroatoms. The van der Waals surface area contributed by atoms with E-state index in [9.17, 15) is 9.59 Å². The second-order valence-corrected chi connectivity index (χ2v) is 8.56. The molecule has 0 aliphatic carbocycles. The molecule has 0 aromatic heterocycles. The molecule has 0 saturated carbocycles. The third kappa shape index (κ3) is 9.23. The number of benzene rings is 1. The quantitative estimate of drug-likeness (QED) is 0.376. The van der Waals surface area contributed by atoms with Crippen LogP contribution in [0.25, 0.3) is 0 Å². The zero-order valence-electron chi connectivity index (χ0n) is 19.2. The monoisotopic (exact) mass is 432 g/mol. The molecule has 6 nitrogen and oxygen atoms in total. The van der Waals surface area contributed by atoms with Crippen molar-refractivity contribution in [1.29, 1.82) is 0 Å². The lowest BCUT2D eigenvalue weighted by Crippen LogP contribution is -2.43. The summed E-state index contributed by atoms with van der Waals surface area (Å²) >= 11 is 0. The summed E-state index contributed by atoms with van der Waals surface area (Å²) in [7, 11) is 0. The number of ether oxygens (including phenoxy) is 4. The Kier molecular flexibility index (Phi) is 10.2. The fraction of sp³-hybridized carbons (Fsp3) is 0.600. The highest BCUT2D eigenvalue weighted by molar-refractivity contribution is 5.66. The number of carbonyl (C=O) groups excluding carboxylic acids is 2. The summed E-state index contributed by atoms with van der Waals surface area (Å²) in [6.45, 7) is 8.64. The number of carbonyl (C=O) groups is 2. The van der Waals surface area contributed by atoms with Crippen molar-refractivity contribution >= 4 is 11.9 Å². The topological polar surface area (TPSA) is 71.1 Å². The van der Waals surface area contributed by atoms with E-state index in [1.165, 1.54) is 13.8 Å². The molecule has 3 atom stereocenters. The Bertz CT molecular complexity index is 729. The maximum absolute atomic E-state index is 11.2. The Morgan fingerprint density at radius 2 is 1.84 bits per heavy atom. The van der Waals surface area contributed by atoms with Gasteiger partial charge in [-0.25, -0.2) is 0 Å². The van der Waals surface area contributed by atoms with Crippen molar-refractivity contribution in [2.45, 2.75) is 71.7 Å². The van der Waals surface area contributed by atoms with Crippen LogP contribution in [0.3, 0.4) is 0 Å². The summed E-state index contributed by atoms with van der Waals surface area (Å²) < 4.78 is 22.9.